The summed E-state index contributed by atoms with van der Waals surface area (Å²) < 4.78 is 0. The minimum absolute atomic E-state index is 0.00781. The van der Waals surface area contributed by atoms with Gasteiger partial charge in [-0.15, -0.1) is 6.58 Å². The molecule has 0 aliphatic rings. The molecule has 0 saturated carbocycles. The summed E-state index contributed by atoms with van der Waals surface area (Å²) in [6.07, 6.45) is 2.43. The van der Waals surface area contributed by atoms with Crippen molar-refractivity contribution >= 4 is 35.1 Å². The molecule has 2 N–H and O–H groups in total. The van der Waals surface area contributed by atoms with Crippen LogP contribution in [0.25, 0.3) is 0 Å². The van der Waals surface area contributed by atoms with Gasteiger partial charge >= 0.3 is 5.97 Å². The number of amides is 1. The van der Waals surface area contributed by atoms with Gasteiger partial charge in [0.2, 0.25) is 5.91 Å². The summed E-state index contributed by atoms with van der Waals surface area (Å²) in [6.45, 7) is 3.52. The van der Waals surface area contributed by atoms with E-state index < -0.39 is 17.9 Å². The van der Waals surface area contributed by atoms with Gasteiger partial charge in [0.15, 0.2) is 0 Å². The SMILES string of the molecule is C=CCCC(NC(=O)Cc1ccc(Cl)cc1Cl)C(=O)O. The maximum Gasteiger partial charge on any atom is 0.326 e. The summed E-state index contributed by atoms with van der Waals surface area (Å²) in [5, 5.41) is 12.3. The third kappa shape index (κ3) is 5.23. The fourth-order valence-electron chi connectivity index (χ4n) is 1.63. The van der Waals surface area contributed by atoms with Crippen molar-refractivity contribution in [2.24, 2.45) is 0 Å². The van der Waals surface area contributed by atoms with Crippen LogP contribution in [-0.2, 0) is 16.0 Å². The Hall–Kier alpha value is -1.52. The normalized spacial score (nSPS) is 11.7. The van der Waals surface area contributed by atoms with Gasteiger partial charge in [-0.2, -0.15) is 0 Å². The predicted molar refractivity (Wildman–Crippen MR) is 79.2 cm³/mol. The Bertz CT molecular complexity index is 517. The summed E-state index contributed by atoms with van der Waals surface area (Å²) in [6, 6.07) is 3.89. The molecule has 0 fully saturated rings. The lowest BCUT2D eigenvalue weighted by molar-refractivity contribution is -0.141. The van der Waals surface area contributed by atoms with Crippen LogP contribution in [-0.4, -0.2) is 23.0 Å². The van der Waals surface area contributed by atoms with Crippen molar-refractivity contribution in [3.63, 3.8) is 0 Å². The fraction of sp³-hybridized carbons (Fsp3) is 0.286. The smallest absolute Gasteiger partial charge is 0.326 e. The van der Waals surface area contributed by atoms with Crippen LogP contribution in [0.1, 0.15) is 18.4 Å². The number of carbonyl (C=O) groups is 2. The van der Waals surface area contributed by atoms with Gasteiger partial charge in [0.1, 0.15) is 6.04 Å². The first-order valence-corrected chi connectivity index (χ1v) is 6.76. The van der Waals surface area contributed by atoms with Crippen molar-refractivity contribution in [3.8, 4) is 0 Å². The second-order valence-corrected chi connectivity index (χ2v) is 5.08. The van der Waals surface area contributed by atoms with Crippen molar-refractivity contribution in [1.29, 1.82) is 0 Å². The average molecular weight is 316 g/mol. The largest absolute Gasteiger partial charge is 0.480 e. The van der Waals surface area contributed by atoms with E-state index in [1.54, 1.807) is 18.2 Å². The van der Waals surface area contributed by atoms with Gasteiger partial charge in [-0.05, 0) is 30.5 Å². The Balaban J connectivity index is 2.65. The van der Waals surface area contributed by atoms with E-state index in [1.165, 1.54) is 6.07 Å². The molecule has 0 bridgehead atoms. The van der Waals surface area contributed by atoms with E-state index in [0.29, 0.717) is 28.5 Å². The molecule has 0 aromatic heterocycles. The molecule has 20 heavy (non-hydrogen) atoms. The zero-order valence-corrected chi connectivity index (χ0v) is 12.2. The molecule has 0 heterocycles. The first kappa shape index (κ1) is 16.5. The third-order valence-corrected chi connectivity index (χ3v) is 3.25. The van der Waals surface area contributed by atoms with Crippen molar-refractivity contribution < 1.29 is 14.7 Å². The number of carbonyl (C=O) groups excluding carboxylic acids is 1. The standard InChI is InChI=1S/C14H15Cl2NO3/c1-2-3-4-12(14(19)20)17-13(18)7-9-5-6-10(15)8-11(9)16/h2,5-6,8,12H,1,3-4,7H2,(H,17,18)(H,19,20). The molecular weight excluding hydrogens is 301 g/mol. The lowest BCUT2D eigenvalue weighted by Crippen LogP contribution is -2.41. The number of carboxylic acids is 1. The predicted octanol–water partition coefficient (Wildman–Crippen LogP) is 3.07. The molecule has 0 radical (unpaired) electrons. The third-order valence-electron chi connectivity index (χ3n) is 2.66. The molecule has 1 unspecified atom stereocenters. The molecule has 0 aliphatic heterocycles. The van der Waals surface area contributed by atoms with Crippen LogP contribution < -0.4 is 5.32 Å². The van der Waals surface area contributed by atoms with Crippen LogP contribution in [0, 0.1) is 0 Å². The van der Waals surface area contributed by atoms with Crippen LogP contribution in [0.3, 0.4) is 0 Å². The molecular formula is C14H15Cl2NO3. The van der Waals surface area contributed by atoms with Gasteiger partial charge in [-0.1, -0.05) is 35.3 Å². The van der Waals surface area contributed by atoms with Crippen LogP contribution in [0.5, 0.6) is 0 Å². The highest BCUT2D eigenvalue weighted by molar-refractivity contribution is 6.35. The van der Waals surface area contributed by atoms with E-state index in [0.717, 1.165) is 0 Å². The second kappa shape index (κ2) is 7.92. The zero-order valence-electron chi connectivity index (χ0n) is 10.7. The van der Waals surface area contributed by atoms with Crippen molar-refractivity contribution in [1.82, 2.24) is 5.32 Å². The number of rotatable bonds is 7. The molecule has 6 heteroatoms. The van der Waals surface area contributed by atoms with Crippen LogP contribution in [0.4, 0.5) is 0 Å². The summed E-state index contributed by atoms with van der Waals surface area (Å²) in [7, 11) is 0. The van der Waals surface area contributed by atoms with E-state index in [1.807, 2.05) is 0 Å². The minimum Gasteiger partial charge on any atom is -0.480 e. The number of hydrogen-bond donors (Lipinski definition) is 2. The average Bonchev–Trinajstić information content (AvgIpc) is 2.37. The molecule has 4 nitrogen and oxygen atoms in total. The lowest BCUT2D eigenvalue weighted by Gasteiger charge is -2.14. The van der Waals surface area contributed by atoms with Crippen molar-refractivity contribution in [2.75, 3.05) is 0 Å². The van der Waals surface area contributed by atoms with Gasteiger partial charge in [-0.25, -0.2) is 4.79 Å². The quantitative estimate of drug-likeness (QED) is 0.760. The van der Waals surface area contributed by atoms with Gasteiger partial charge in [-0.3, -0.25) is 4.79 Å². The van der Waals surface area contributed by atoms with Crippen LogP contribution in [0.2, 0.25) is 10.0 Å². The number of benzene rings is 1. The topological polar surface area (TPSA) is 66.4 Å². The highest BCUT2D eigenvalue weighted by atomic mass is 35.5. The maximum atomic E-state index is 11.8. The van der Waals surface area contributed by atoms with E-state index in [9.17, 15) is 9.59 Å². The van der Waals surface area contributed by atoms with Crippen LogP contribution >= 0.6 is 23.2 Å². The van der Waals surface area contributed by atoms with Gasteiger partial charge in [0, 0.05) is 10.0 Å². The number of carboxylic acid groups (broad SMARTS) is 1. The molecule has 0 spiro atoms. The molecule has 1 rings (SSSR count). The molecule has 1 amide bonds. The van der Waals surface area contributed by atoms with Crippen molar-refractivity contribution in [2.45, 2.75) is 25.3 Å². The molecule has 0 aliphatic carbocycles. The second-order valence-electron chi connectivity index (χ2n) is 4.24. The summed E-state index contributed by atoms with van der Waals surface area (Å²) >= 11 is 11.7. The molecule has 0 saturated heterocycles. The highest BCUT2D eigenvalue weighted by Gasteiger charge is 2.19. The number of aliphatic carboxylic acids is 1. The molecule has 108 valence electrons. The molecule has 1 atom stereocenters. The molecule has 1 aromatic carbocycles. The minimum atomic E-state index is -1.07. The number of allylic oxidation sites excluding steroid dienone is 1. The number of halogens is 2. The van der Waals surface area contributed by atoms with E-state index >= 15 is 0 Å². The Morgan fingerprint density at radius 3 is 2.65 bits per heavy atom. The zero-order chi connectivity index (χ0) is 15.1. The van der Waals surface area contributed by atoms with E-state index in [4.69, 9.17) is 28.3 Å². The Labute approximate surface area is 127 Å². The van der Waals surface area contributed by atoms with Gasteiger partial charge in [0.05, 0.1) is 6.42 Å². The van der Waals surface area contributed by atoms with E-state index in [2.05, 4.69) is 11.9 Å². The fourth-order valence-corrected chi connectivity index (χ4v) is 2.10. The Kier molecular flexibility index (Phi) is 6.55. The van der Waals surface area contributed by atoms with Crippen molar-refractivity contribution in [3.05, 3.63) is 46.5 Å². The van der Waals surface area contributed by atoms with E-state index in [-0.39, 0.29) is 6.42 Å². The Morgan fingerprint density at radius 2 is 2.10 bits per heavy atom. The van der Waals surface area contributed by atoms with Gasteiger partial charge < -0.3 is 10.4 Å². The lowest BCUT2D eigenvalue weighted by atomic mass is 10.1. The first-order valence-electron chi connectivity index (χ1n) is 6.01. The first-order chi connectivity index (χ1) is 9.43. The number of hydrogen-bond acceptors (Lipinski definition) is 2. The highest BCUT2D eigenvalue weighted by Crippen LogP contribution is 2.21. The van der Waals surface area contributed by atoms with Gasteiger partial charge in [0.25, 0.3) is 0 Å². The summed E-state index contributed by atoms with van der Waals surface area (Å²) in [5.41, 5.74) is 0.599. The Morgan fingerprint density at radius 1 is 1.40 bits per heavy atom. The maximum absolute atomic E-state index is 11.8. The van der Waals surface area contributed by atoms with Crippen LogP contribution in [0.15, 0.2) is 30.9 Å². The molecule has 1 aromatic rings. The number of nitrogens with one attached hydrogen (secondary N) is 1. The summed E-state index contributed by atoms with van der Waals surface area (Å²) in [4.78, 5) is 22.8. The summed E-state index contributed by atoms with van der Waals surface area (Å²) in [5.74, 6) is -1.46. The monoisotopic (exact) mass is 315 g/mol.